The third kappa shape index (κ3) is 5.74. The van der Waals surface area contributed by atoms with Gasteiger partial charge in [-0.2, -0.15) is 11.8 Å². The predicted molar refractivity (Wildman–Crippen MR) is 83.5 cm³/mol. The van der Waals surface area contributed by atoms with Gasteiger partial charge in [0.2, 0.25) is 0 Å². The number of ether oxygens (including phenoxy) is 2. The Morgan fingerprint density at radius 2 is 2.11 bits per heavy atom. The van der Waals surface area contributed by atoms with Crippen molar-refractivity contribution < 1.29 is 9.47 Å². The number of nitrogens with two attached hydrogens (primary N) is 1. The fourth-order valence-electron chi connectivity index (χ4n) is 1.76. The van der Waals surface area contributed by atoms with Crippen molar-refractivity contribution >= 4 is 11.8 Å². The maximum atomic E-state index is 6.04. The molecular weight excluding hydrogens is 258 g/mol. The summed E-state index contributed by atoms with van der Waals surface area (Å²) in [6.45, 7) is 4.99. The van der Waals surface area contributed by atoms with Crippen molar-refractivity contribution in [3.63, 3.8) is 0 Å². The highest BCUT2D eigenvalue weighted by atomic mass is 32.2. The summed E-state index contributed by atoms with van der Waals surface area (Å²) in [7, 11) is 1.68. The summed E-state index contributed by atoms with van der Waals surface area (Å²) >= 11 is 1.88. The number of rotatable bonds is 9. The van der Waals surface area contributed by atoms with Gasteiger partial charge in [0.15, 0.2) is 0 Å². The van der Waals surface area contributed by atoms with Crippen molar-refractivity contribution in [1.29, 1.82) is 0 Å². The Balaban J connectivity index is 2.71. The second-order valence-corrected chi connectivity index (χ2v) is 5.79. The van der Waals surface area contributed by atoms with Crippen LogP contribution in [0.2, 0.25) is 0 Å². The van der Waals surface area contributed by atoms with E-state index in [0.717, 1.165) is 48.0 Å². The maximum absolute atomic E-state index is 6.04. The van der Waals surface area contributed by atoms with Gasteiger partial charge in [-0.25, -0.2) is 0 Å². The lowest BCUT2D eigenvalue weighted by atomic mass is 10.0. The van der Waals surface area contributed by atoms with Crippen molar-refractivity contribution in [2.24, 2.45) is 5.73 Å². The molecule has 1 aromatic rings. The minimum atomic E-state index is 0.166. The van der Waals surface area contributed by atoms with Gasteiger partial charge in [-0.1, -0.05) is 13.8 Å². The first-order valence-electron chi connectivity index (χ1n) is 6.84. The second kappa shape index (κ2) is 9.10. The summed E-state index contributed by atoms with van der Waals surface area (Å²) in [6.07, 6.45) is 1.78. The molecule has 0 fully saturated rings. The molecule has 108 valence electrons. The molecule has 19 heavy (non-hydrogen) atoms. The van der Waals surface area contributed by atoms with Crippen molar-refractivity contribution in [2.45, 2.75) is 32.7 Å². The molecule has 1 unspecified atom stereocenters. The van der Waals surface area contributed by atoms with Crippen LogP contribution in [0.1, 0.15) is 25.8 Å². The number of methoxy groups -OCH3 is 1. The van der Waals surface area contributed by atoms with E-state index in [9.17, 15) is 0 Å². The molecule has 0 saturated heterocycles. The minimum absolute atomic E-state index is 0.166. The molecule has 2 N–H and O–H groups in total. The normalized spacial score (nSPS) is 12.2. The van der Waals surface area contributed by atoms with E-state index in [1.54, 1.807) is 7.11 Å². The van der Waals surface area contributed by atoms with Crippen LogP contribution in [-0.2, 0) is 6.42 Å². The van der Waals surface area contributed by atoms with Gasteiger partial charge >= 0.3 is 0 Å². The van der Waals surface area contributed by atoms with E-state index in [2.05, 4.69) is 13.8 Å². The first kappa shape index (κ1) is 16.2. The third-order valence-electron chi connectivity index (χ3n) is 2.96. The summed E-state index contributed by atoms with van der Waals surface area (Å²) < 4.78 is 11.1. The summed E-state index contributed by atoms with van der Waals surface area (Å²) in [5.41, 5.74) is 7.18. The molecule has 0 aromatic heterocycles. The molecule has 1 atom stereocenters. The largest absolute Gasteiger partial charge is 0.497 e. The molecule has 0 aliphatic heterocycles. The number of benzene rings is 1. The fourth-order valence-corrected chi connectivity index (χ4v) is 2.25. The van der Waals surface area contributed by atoms with Crippen molar-refractivity contribution in [2.75, 3.05) is 25.2 Å². The Bertz CT molecular complexity index is 371. The van der Waals surface area contributed by atoms with Crippen LogP contribution in [0, 0.1) is 0 Å². The van der Waals surface area contributed by atoms with Crippen LogP contribution in [-0.4, -0.2) is 31.3 Å². The van der Waals surface area contributed by atoms with Gasteiger partial charge in [-0.15, -0.1) is 0 Å². The van der Waals surface area contributed by atoms with Crippen LogP contribution in [0.4, 0.5) is 0 Å². The Morgan fingerprint density at radius 3 is 2.74 bits per heavy atom. The van der Waals surface area contributed by atoms with Gasteiger partial charge < -0.3 is 15.2 Å². The molecule has 3 nitrogen and oxygen atoms in total. The highest BCUT2D eigenvalue weighted by Crippen LogP contribution is 2.25. The first-order valence-corrected chi connectivity index (χ1v) is 7.99. The number of hydrogen-bond donors (Lipinski definition) is 1. The predicted octanol–water partition coefficient (Wildman–Crippen LogP) is 3.11. The van der Waals surface area contributed by atoms with Crippen molar-refractivity contribution in [3.05, 3.63) is 23.8 Å². The molecule has 0 spiro atoms. The van der Waals surface area contributed by atoms with Crippen LogP contribution in [0.5, 0.6) is 11.5 Å². The molecule has 1 aromatic carbocycles. The van der Waals surface area contributed by atoms with E-state index < -0.39 is 0 Å². The van der Waals surface area contributed by atoms with Crippen LogP contribution >= 0.6 is 11.8 Å². The van der Waals surface area contributed by atoms with Crippen LogP contribution in [0.15, 0.2) is 18.2 Å². The molecular formula is C15H25NO2S. The molecule has 0 aliphatic carbocycles. The first-order chi connectivity index (χ1) is 9.21. The van der Waals surface area contributed by atoms with E-state index in [1.165, 1.54) is 0 Å². The third-order valence-corrected chi connectivity index (χ3v) is 3.83. The molecule has 0 heterocycles. The lowest BCUT2D eigenvalue weighted by Gasteiger charge is -2.15. The smallest absolute Gasteiger partial charge is 0.122 e. The topological polar surface area (TPSA) is 44.5 Å². The highest BCUT2D eigenvalue weighted by Gasteiger charge is 2.09. The highest BCUT2D eigenvalue weighted by molar-refractivity contribution is 7.99. The number of hydrogen-bond acceptors (Lipinski definition) is 4. The lowest BCUT2D eigenvalue weighted by Crippen LogP contribution is -2.21. The standard InChI is InChI=1S/C15H25NO2S/c1-4-13(16)10-12-11-14(17-3)6-7-15(12)18-8-9-19-5-2/h6-7,11,13H,4-5,8-10,16H2,1-3H3. The zero-order valence-corrected chi connectivity index (χ0v) is 13.0. The monoisotopic (exact) mass is 283 g/mol. The van der Waals surface area contributed by atoms with Gasteiger partial charge in [0, 0.05) is 11.8 Å². The van der Waals surface area contributed by atoms with Crippen LogP contribution in [0.25, 0.3) is 0 Å². The van der Waals surface area contributed by atoms with Gasteiger partial charge in [-0.05, 0) is 42.4 Å². The van der Waals surface area contributed by atoms with Gasteiger partial charge in [-0.3, -0.25) is 0 Å². The second-order valence-electron chi connectivity index (χ2n) is 4.39. The molecule has 1 rings (SSSR count). The molecule has 0 saturated carbocycles. The van der Waals surface area contributed by atoms with Gasteiger partial charge in [0.05, 0.1) is 13.7 Å². The summed E-state index contributed by atoms with van der Waals surface area (Å²) in [6, 6.07) is 6.10. The van der Waals surface area contributed by atoms with E-state index in [-0.39, 0.29) is 6.04 Å². The van der Waals surface area contributed by atoms with Crippen LogP contribution in [0.3, 0.4) is 0 Å². The molecule has 0 amide bonds. The summed E-state index contributed by atoms with van der Waals surface area (Å²) in [5.74, 6) is 3.93. The zero-order chi connectivity index (χ0) is 14.1. The quantitative estimate of drug-likeness (QED) is 0.707. The molecule has 0 bridgehead atoms. The van der Waals surface area contributed by atoms with Gasteiger partial charge in [0.1, 0.15) is 11.5 Å². The van der Waals surface area contributed by atoms with E-state index in [4.69, 9.17) is 15.2 Å². The SMILES string of the molecule is CCSCCOc1ccc(OC)cc1CC(N)CC. The summed E-state index contributed by atoms with van der Waals surface area (Å²) in [4.78, 5) is 0. The summed E-state index contributed by atoms with van der Waals surface area (Å²) in [5, 5.41) is 0. The minimum Gasteiger partial charge on any atom is -0.497 e. The number of thioether (sulfide) groups is 1. The lowest BCUT2D eigenvalue weighted by molar-refractivity contribution is 0.337. The fraction of sp³-hybridized carbons (Fsp3) is 0.600. The average molecular weight is 283 g/mol. The Kier molecular flexibility index (Phi) is 7.75. The van der Waals surface area contributed by atoms with Crippen LogP contribution < -0.4 is 15.2 Å². The van der Waals surface area contributed by atoms with E-state index >= 15 is 0 Å². The molecule has 0 radical (unpaired) electrons. The Hall–Kier alpha value is -0.870. The van der Waals surface area contributed by atoms with E-state index in [1.807, 2.05) is 30.0 Å². The molecule has 4 heteroatoms. The average Bonchev–Trinajstić information content (AvgIpc) is 2.44. The van der Waals surface area contributed by atoms with E-state index in [0.29, 0.717) is 0 Å². The van der Waals surface area contributed by atoms with Crippen molar-refractivity contribution in [1.82, 2.24) is 0 Å². The molecule has 0 aliphatic rings. The van der Waals surface area contributed by atoms with Gasteiger partial charge in [0.25, 0.3) is 0 Å². The van der Waals surface area contributed by atoms with Crippen molar-refractivity contribution in [3.8, 4) is 11.5 Å². The zero-order valence-electron chi connectivity index (χ0n) is 12.1. The Morgan fingerprint density at radius 1 is 1.32 bits per heavy atom. The maximum Gasteiger partial charge on any atom is 0.122 e. The Labute approximate surface area is 120 Å².